The van der Waals surface area contributed by atoms with Crippen LogP contribution in [0.15, 0.2) is 52.9 Å². The Morgan fingerprint density at radius 3 is 2.71 bits per heavy atom. The Morgan fingerprint density at radius 2 is 1.81 bits per heavy atom. The Balaban J connectivity index is 1.65. The van der Waals surface area contributed by atoms with Gasteiger partial charge in [0.25, 0.3) is 4.84 Å². The molecule has 3 nitrogen and oxygen atoms in total. The fourth-order valence-corrected chi connectivity index (χ4v) is 3.42. The molecule has 0 aliphatic carbocycles. The Kier molecular flexibility index (Phi) is 3.13. The highest BCUT2D eigenvalue weighted by Crippen LogP contribution is 2.16. The van der Waals surface area contributed by atoms with Crippen LogP contribution in [0.3, 0.4) is 0 Å². The van der Waals surface area contributed by atoms with Gasteiger partial charge in [0, 0.05) is 12.0 Å². The van der Waals surface area contributed by atoms with Crippen molar-refractivity contribution in [2.45, 2.75) is 19.6 Å². The average molecular weight is 297 g/mol. The second-order valence-electron chi connectivity index (χ2n) is 5.62. The number of hydrogen-bond donors (Lipinski definition) is 1. The number of para-hydroxylation sites is 2. The molecule has 1 N–H and O–H groups in total. The van der Waals surface area contributed by atoms with E-state index in [2.05, 4.69) is 34.9 Å². The number of nitrogens with zero attached hydrogens (tertiary/aromatic N) is 1. The van der Waals surface area contributed by atoms with E-state index in [9.17, 15) is 0 Å². The molecular weight excluding hydrogens is 280 g/mol. The molecule has 3 aromatic rings. The maximum atomic E-state index is 5.67. The molecule has 106 valence electrons. The van der Waals surface area contributed by atoms with Gasteiger partial charge in [-0.1, -0.05) is 36.4 Å². The molecule has 4 rings (SSSR count). The number of aromatic nitrogens is 1. The van der Waals surface area contributed by atoms with Gasteiger partial charge in [-0.15, -0.1) is 0 Å². The van der Waals surface area contributed by atoms with E-state index in [0.29, 0.717) is 4.84 Å². The van der Waals surface area contributed by atoms with Crippen LogP contribution in [-0.4, -0.2) is 11.1 Å². The highest BCUT2D eigenvalue weighted by Gasteiger charge is 2.20. The molecule has 1 unspecified atom stereocenters. The number of fused-ring (bicyclic) bond motifs is 2. The third-order valence-electron chi connectivity index (χ3n) is 4.26. The summed E-state index contributed by atoms with van der Waals surface area (Å²) in [6.45, 7) is 3.06. The molecule has 0 spiro atoms. The van der Waals surface area contributed by atoms with Gasteiger partial charge in [0.05, 0.1) is 12.1 Å². The van der Waals surface area contributed by atoms with Gasteiger partial charge in [0.15, 0.2) is 12.3 Å². The highest BCUT2D eigenvalue weighted by molar-refractivity contribution is 7.71. The summed E-state index contributed by atoms with van der Waals surface area (Å²) < 4.78 is 7.79. The first-order valence-corrected chi connectivity index (χ1v) is 7.71. The second kappa shape index (κ2) is 5.13. The fraction of sp³-hybridized carbons (Fsp3) is 0.235. The van der Waals surface area contributed by atoms with Crippen molar-refractivity contribution in [1.29, 1.82) is 0 Å². The van der Waals surface area contributed by atoms with E-state index in [4.69, 9.17) is 16.6 Å². The minimum Gasteiger partial charge on any atom is -0.429 e. The SMILES string of the molecule is S=c1oc2ccccc2n1C[NH+]1CCc2ccccc2C1. The van der Waals surface area contributed by atoms with Crippen LogP contribution in [0.1, 0.15) is 11.1 Å². The maximum absolute atomic E-state index is 5.67. The van der Waals surface area contributed by atoms with Crippen molar-refractivity contribution in [3.8, 4) is 0 Å². The Morgan fingerprint density at radius 1 is 1.05 bits per heavy atom. The van der Waals surface area contributed by atoms with E-state index < -0.39 is 0 Å². The average Bonchev–Trinajstić information content (AvgIpc) is 2.83. The molecule has 0 saturated carbocycles. The Bertz CT molecular complexity index is 849. The largest absolute Gasteiger partial charge is 0.429 e. The summed E-state index contributed by atoms with van der Waals surface area (Å²) in [6.07, 6.45) is 1.13. The number of benzene rings is 2. The van der Waals surface area contributed by atoms with Crippen molar-refractivity contribution in [2.75, 3.05) is 6.54 Å². The van der Waals surface area contributed by atoms with Crippen LogP contribution >= 0.6 is 12.2 Å². The first-order chi connectivity index (χ1) is 10.3. The minimum absolute atomic E-state index is 0.572. The number of rotatable bonds is 2. The van der Waals surface area contributed by atoms with Crippen molar-refractivity contribution in [2.24, 2.45) is 0 Å². The Hall–Kier alpha value is -1.91. The molecule has 2 aromatic carbocycles. The van der Waals surface area contributed by atoms with Crippen molar-refractivity contribution in [1.82, 2.24) is 4.57 Å². The zero-order valence-corrected chi connectivity index (χ0v) is 12.5. The smallest absolute Gasteiger partial charge is 0.274 e. The summed E-state index contributed by atoms with van der Waals surface area (Å²) in [4.78, 5) is 2.10. The molecule has 0 bridgehead atoms. The molecule has 2 heterocycles. The molecule has 0 radical (unpaired) electrons. The predicted octanol–water partition coefficient (Wildman–Crippen LogP) is 2.56. The van der Waals surface area contributed by atoms with Gasteiger partial charge in [0.2, 0.25) is 0 Å². The summed E-state index contributed by atoms with van der Waals surface area (Å²) in [5.74, 6) is 0. The molecule has 1 atom stereocenters. The van der Waals surface area contributed by atoms with Gasteiger partial charge in [-0.2, -0.15) is 0 Å². The molecule has 1 aliphatic heterocycles. The van der Waals surface area contributed by atoms with Gasteiger partial charge in [0.1, 0.15) is 6.54 Å². The van der Waals surface area contributed by atoms with Crippen LogP contribution in [0, 0.1) is 4.84 Å². The van der Waals surface area contributed by atoms with E-state index >= 15 is 0 Å². The maximum Gasteiger partial charge on any atom is 0.274 e. The van der Waals surface area contributed by atoms with Gasteiger partial charge in [-0.3, -0.25) is 4.57 Å². The van der Waals surface area contributed by atoms with Crippen molar-refractivity contribution in [3.63, 3.8) is 0 Å². The molecule has 1 aromatic heterocycles. The standard InChI is InChI=1S/C17H16N2OS/c21-17-19(15-7-3-4-8-16(15)20-17)12-18-10-9-13-5-1-2-6-14(13)11-18/h1-8H,9-12H2/p+1. The van der Waals surface area contributed by atoms with Crippen molar-refractivity contribution >= 4 is 23.3 Å². The van der Waals surface area contributed by atoms with E-state index in [1.165, 1.54) is 16.0 Å². The third-order valence-corrected chi connectivity index (χ3v) is 4.57. The highest BCUT2D eigenvalue weighted by atomic mass is 32.1. The summed E-state index contributed by atoms with van der Waals surface area (Å²) in [7, 11) is 0. The quantitative estimate of drug-likeness (QED) is 0.735. The first kappa shape index (κ1) is 12.8. The van der Waals surface area contributed by atoms with Gasteiger partial charge in [-0.25, -0.2) is 0 Å². The normalized spacial score (nSPS) is 17.8. The predicted molar refractivity (Wildman–Crippen MR) is 84.7 cm³/mol. The van der Waals surface area contributed by atoms with Crippen LogP contribution in [0.4, 0.5) is 0 Å². The Labute approximate surface area is 128 Å². The molecule has 21 heavy (non-hydrogen) atoms. The van der Waals surface area contributed by atoms with E-state index in [1.807, 2.05) is 18.2 Å². The van der Waals surface area contributed by atoms with Crippen LogP contribution in [-0.2, 0) is 19.6 Å². The van der Waals surface area contributed by atoms with E-state index in [-0.39, 0.29) is 0 Å². The monoisotopic (exact) mass is 297 g/mol. The van der Waals surface area contributed by atoms with Gasteiger partial charge in [-0.05, 0) is 29.9 Å². The lowest BCUT2D eigenvalue weighted by Gasteiger charge is -2.26. The fourth-order valence-electron chi connectivity index (χ4n) is 3.17. The van der Waals surface area contributed by atoms with Crippen molar-refractivity contribution in [3.05, 3.63) is 64.5 Å². The van der Waals surface area contributed by atoms with Crippen LogP contribution in [0.25, 0.3) is 11.1 Å². The first-order valence-electron chi connectivity index (χ1n) is 7.30. The lowest BCUT2D eigenvalue weighted by Crippen LogP contribution is -3.11. The molecular formula is C17H17N2OS+. The molecule has 1 aliphatic rings. The zero-order valence-electron chi connectivity index (χ0n) is 11.7. The second-order valence-corrected chi connectivity index (χ2v) is 5.97. The summed E-state index contributed by atoms with van der Waals surface area (Å²) in [5.41, 5.74) is 4.91. The molecule has 4 heteroatoms. The van der Waals surface area contributed by atoms with E-state index in [1.54, 1.807) is 0 Å². The molecule has 0 saturated heterocycles. The minimum atomic E-state index is 0.572. The lowest BCUT2D eigenvalue weighted by atomic mass is 10.0. The number of hydrogen-bond acceptors (Lipinski definition) is 2. The number of quaternary nitrogens is 1. The number of nitrogens with one attached hydrogen (secondary N) is 1. The van der Waals surface area contributed by atoms with Crippen LogP contribution in [0.2, 0.25) is 0 Å². The molecule has 0 amide bonds. The summed E-state index contributed by atoms with van der Waals surface area (Å²) >= 11 is 5.38. The summed E-state index contributed by atoms with van der Waals surface area (Å²) in [6, 6.07) is 16.8. The topological polar surface area (TPSA) is 22.5 Å². The van der Waals surface area contributed by atoms with E-state index in [0.717, 1.165) is 37.3 Å². The van der Waals surface area contributed by atoms with Gasteiger partial charge >= 0.3 is 0 Å². The zero-order chi connectivity index (χ0) is 14.2. The summed E-state index contributed by atoms with van der Waals surface area (Å²) in [5, 5.41) is 0. The van der Waals surface area contributed by atoms with Gasteiger partial charge < -0.3 is 9.32 Å². The van der Waals surface area contributed by atoms with Crippen molar-refractivity contribution < 1.29 is 9.32 Å². The lowest BCUT2D eigenvalue weighted by molar-refractivity contribution is -0.938. The number of oxazole rings is 1. The third kappa shape index (κ3) is 2.30. The van der Waals surface area contributed by atoms with Crippen LogP contribution in [0.5, 0.6) is 0 Å². The van der Waals surface area contributed by atoms with Crippen LogP contribution < -0.4 is 4.90 Å². The molecule has 0 fully saturated rings.